The lowest BCUT2D eigenvalue weighted by Gasteiger charge is -2.09. The highest BCUT2D eigenvalue weighted by atomic mass is 35.5. The summed E-state index contributed by atoms with van der Waals surface area (Å²) in [4.78, 5) is 17.2. The Morgan fingerprint density at radius 1 is 0.852 bits per heavy atom. The molecule has 0 heterocycles. The Morgan fingerprint density at radius 2 is 1.44 bits per heavy atom. The molecule has 0 bridgehead atoms. The van der Waals surface area contributed by atoms with E-state index >= 15 is 0 Å². The highest BCUT2D eigenvalue weighted by Gasteiger charge is 2.05. The molecule has 0 aliphatic rings. The van der Waals surface area contributed by atoms with Crippen molar-refractivity contribution >= 4 is 17.5 Å². The monoisotopic (exact) mass is 381 g/mol. The quantitative estimate of drug-likeness (QED) is 0.580. The van der Waals surface area contributed by atoms with Gasteiger partial charge in [-0.3, -0.25) is 9.63 Å². The van der Waals surface area contributed by atoms with Crippen molar-refractivity contribution in [3.8, 4) is 5.75 Å². The molecular formula is C22H20ClNO3. The van der Waals surface area contributed by atoms with Gasteiger partial charge in [-0.05, 0) is 54.4 Å². The molecule has 0 aromatic heterocycles. The molecule has 1 N–H and O–H groups in total. The second-order valence-corrected chi connectivity index (χ2v) is 6.58. The average Bonchev–Trinajstić information content (AvgIpc) is 2.69. The lowest BCUT2D eigenvalue weighted by Crippen LogP contribution is -2.23. The maximum Gasteiger partial charge on any atom is 0.274 e. The van der Waals surface area contributed by atoms with Crippen LogP contribution in [0.4, 0.5) is 0 Å². The van der Waals surface area contributed by atoms with Gasteiger partial charge in [0.05, 0.1) is 6.61 Å². The van der Waals surface area contributed by atoms with E-state index in [1.165, 1.54) is 5.56 Å². The summed E-state index contributed by atoms with van der Waals surface area (Å²) in [5.41, 5.74) is 6.18. The number of hydroxylamine groups is 1. The third kappa shape index (κ3) is 5.84. The van der Waals surface area contributed by atoms with E-state index in [0.29, 0.717) is 17.2 Å². The molecular weight excluding hydrogens is 362 g/mol. The number of hydrogen-bond donors (Lipinski definition) is 1. The van der Waals surface area contributed by atoms with Crippen molar-refractivity contribution in [2.24, 2.45) is 0 Å². The summed E-state index contributed by atoms with van der Waals surface area (Å²) in [5.74, 6) is 0.467. The van der Waals surface area contributed by atoms with Crippen LogP contribution >= 0.6 is 11.6 Å². The van der Waals surface area contributed by atoms with Gasteiger partial charge in [-0.25, -0.2) is 5.48 Å². The van der Waals surface area contributed by atoms with Crippen LogP contribution in [-0.2, 0) is 18.1 Å². The molecule has 1 amide bonds. The number of halogens is 1. The smallest absolute Gasteiger partial charge is 0.274 e. The predicted octanol–water partition coefficient (Wildman–Crippen LogP) is 5.09. The van der Waals surface area contributed by atoms with Crippen LogP contribution in [0, 0.1) is 6.92 Å². The first kappa shape index (κ1) is 19.0. The van der Waals surface area contributed by atoms with Crippen molar-refractivity contribution in [2.45, 2.75) is 20.1 Å². The first-order valence-corrected chi connectivity index (χ1v) is 8.93. The van der Waals surface area contributed by atoms with Gasteiger partial charge in [0.1, 0.15) is 12.4 Å². The van der Waals surface area contributed by atoms with E-state index in [4.69, 9.17) is 21.2 Å². The minimum absolute atomic E-state index is 0.261. The third-order valence-electron chi connectivity index (χ3n) is 3.96. The normalized spacial score (nSPS) is 10.4. The van der Waals surface area contributed by atoms with E-state index in [1.807, 2.05) is 24.3 Å². The molecule has 0 spiro atoms. The fraction of sp³-hybridized carbons (Fsp3) is 0.136. The van der Waals surface area contributed by atoms with E-state index in [2.05, 4.69) is 36.7 Å². The fourth-order valence-electron chi connectivity index (χ4n) is 2.38. The van der Waals surface area contributed by atoms with E-state index in [-0.39, 0.29) is 12.5 Å². The number of carbonyl (C=O) groups is 1. The van der Waals surface area contributed by atoms with Gasteiger partial charge < -0.3 is 4.74 Å². The summed E-state index contributed by atoms with van der Waals surface area (Å²) >= 11 is 5.80. The van der Waals surface area contributed by atoms with Gasteiger partial charge in [-0.1, -0.05) is 53.6 Å². The van der Waals surface area contributed by atoms with Crippen molar-refractivity contribution in [2.75, 3.05) is 0 Å². The van der Waals surface area contributed by atoms with Crippen molar-refractivity contribution in [1.29, 1.82) is 0 Å². The van der Waals surface area contributed by atoms with Gasteiger partial charge >= 0.3 is 0 Å². The third-order valence-corrected chi connectivity index (χ3v) is 4.21. The molecule has 4 nitrogen and oxygen atoms in total. The molecule has 0 unspecified atom stereocenters. The molecule has 0 aliphatic carbocycles. The Morgan fingerprint density at radius 3 is 2.11 bits per heavy atom. The maximum absolute atomic E-state index is 11.9. The highest BCUT2D eigenvalue weighted by molar-refractivity contribution is 6.30. The van der Waals surface area contributed by atoms with Crippen LogP contribution in [0.2, 0.25) is 5.02 Å². The summed E-state index contributed by atoms with van der Waals surface area (Å²) in [5, 5.41) is 0.581. The summed E-state index contributed by atoms with van der Waals surface area (Å²) in [6.45, 7) is 2.84. The molecule has 0 saturated carbocycles. The van der Waals surface area contributed by atoms with Crippen LogP contribution in [0.25, 0.3) is 0 Å². The molecule has 5 heteroatoms. The average molecular weight is 382 g/mol. The first-order chi connectivity index (χ1) is 13.1. The number of amides is 1. The SMILES string of the molecule is Cc1ccc(COc2ccc(CONC(=O)c3ccc(Cl)cc3)cc2)cc1. The molecule has 0 aliphatic heterocycles. The zero-order chi connectivity index (χ0) is 19.1. The van der Waals surface area contributed by atoms with Gasteiger partial charge in [0.25, 0.3) is 5.91 Å². The van der Waals surface area contributed by atoms with Crippen molar-refractivity contribution in [3.63, 3.8) is 0 Å². The lowest BCUT2D eigenvalue weighted by molar-refractivity contribution is 0.0233. The van der Waals surface area contributed by atoms with Crippen LogP contribution in [-0.4, -0.2) is 5.91 Å². The number of hydrogen-bond acceptors (Lipinski definition) is 3. The van der Waals surface area contributed by atoms with Gasteiger partial charge in [-0.15, -0.1) is 0 Å². The molecule has 27 heavy (non-hydrogen) atoms. The fourth-order valence-corrected chi connectivity index (χ4v) is 2.50. The van der Waals surface area contributed by atoms with Crippen LogP contribution in [0.3, 0.4) is 0 Å². The van der Waals surface area contributed by atoms with Crippen LogP contribution in [0.5, 0.6) is 5.75 Å². The van der Waals surface area contributed by atoms with E-state index < -0.39 is 0 Å². The zero-order valence-corrected chi connectivity index (χ0v) is 15.7. The number of rotatable bonds is 7. The number of carbonyl (C=O) groups excluding carboxylic acids is 1. The van der Waals surface area contributed by atoms with E-state index in [0.717, 1.165) is 16.9 Å². The van der Waals surface area contributed by atoms with Crippen molar-refractivity contribution < 1.29 is 14.4 Å². The molecule has 0 atom stereocenters. The van der Waals surface area contributed by atoms with Gasteiger partial charge in [0, 0.05) is 10.6 Å². The highest BCUT2D eigenvalue weighted by Crippen LogP contribution is 2.15. The molecule has 3 aromatic carbocycles. The topological polar surface area (TPSA) is 47.6 Å². The minimum atomic E-state index is -0.315. The molecule has 3 rings (SSSR count). The van der Waals surface area contributed by atoms with Crippen LogP contribution in [0.1, 0.15) is 27.0 Å². The van der Waals surface area contributed by atoms with Gasteiger partial charge in [0.15, 0.2) is 0 Å². The Kier molecular flexibility index (Phi) is 6.47. The standard InChI is InChI=1S/C22H20ClNO3/c1-16-2-4-17(5-3-16)14-26-21-12-6-18(7-13-21)15-27-24-22(25)19-8-10-20(23)11-9-19/h2-13H,14-15H2,1H3,(H,24,25). The number of benzene rings is 3. The molecule has 0 fully saturated rings. The van der Waals surface area contributed by atoms with Gasteiger partial charge in [0.2, 0.25) is 0 Å². The zero-order valence-electron chi connectivity index (χ0n) is 14.9. The predicted molar refractivity (Wildman–Crippen MR) is 106 cm³/mol. The maximum atomic E-state index is 11.9. The molecule has 138 valence electrons. The molecule has 3 aromatic rings. The van der Waals surface area contributed by atoms with E-state index in [9.17, 15) is 4.79 Å². The Balaban J connectivity index is 1.44. The summed E-state index contributed by atoms with van der Waals surface area (Å²) < 4.78 is 5.78. The largest absolute Gasteiger partial charge is 0.489 e. The summed E-state index contributed by atoms with van der Waals surface area (Å²) in [7, 11) is 0. The van der Waals surface area contributed by atoms with E-state index in [1.54, 1.807) is 24.3 Å². The van der Waals surface area contributed by atoms with Gasteiger partial charge in [-0.2, -0.15) is 0 Å². The summed E-state index contributed by atoms with van der Waals surface area (Å²) in [6.07, 6.45) is 0. The first-order valence-electron chi connectivity index (χ1n) is 8.55. The minimum Gasteiger partial charge on any atom is -0.489 e. The number of aryl methyl sites for hydroxylation is 1. The Bertz CT molecular complexity index is 875. The van der Waals surface area contributed by atoms with Crippen LogP contribution < -0.4 is 10.2 Å². The van der Waals surface area contributed by atoms with Crippen molar-refractivity contribution in [3.05, 3.63) is 100 Å². The number of nitrogens with one attached hydrogen (secondary N) is 1. The molecule has 0 saturated heterocycles. The lowest BCUT2D eigenvalue weighted by atomic mass is 10.2. The number of ether oxygens (including phenoxy) is 1. The summed E-state index contributed by atoms with van der Waals surface area (Å²) in [6, 6.07) is 22.4. The van der Waals surface area contributed by atoms with Crippen LogP contribution in [0.15, 0.2) is 72.8 Å². The Labute approximate surface area is 163 Å². The van der Waals surface area contributed by atoms with Crippen molar-refractivity contribution in [1.82, 2.24) is 5.48 Å². The second kappa shape index (κ2) is 9.21. The molecule has 0 radical (unpaired) electrons. The Hall–Kier alpha value is -2.82. The second-order valence-electron chi connectivity index (χ2n) is 6.14.